The van der Waals surface area contributed by atoms with E-state index in [1.807, 2.05) is 57.2 Å². The Balaban J connectivity index is 1.65. The maximum absolute atomic E-state index is 12.2. The zero-order valence-electron chi connectivity index (χ0n) is 15.1. The minimum absolute atomic E-state index is 0.0867. The van der Waals surface area contributed by atoms with Crippen molar-refractivity contribution in [2.75, 3.05) is 11.9 Å². The Morgan fingerprint density at radius 3 is 2.58 bits per heavy atom. The van der Waals surface area contributed by atoms with Crippen LogP contribution < -0.4 is 10.1 Å². The van der Waals surface area contributed by atoms with Crippen LogP contribution in [0.25, 0.3) is 11.5 Å². The second-order valence-corrected chi connectivity index (χ2v) is 6.02. The minimum Gasteiger partial charge on any atom is -0.494 e. The second-order valence-electron chi connectivity index (χ2n) is 6.02. The van der Waals surface area contributed by atoms with E-state index in [-0.39, 0.29) is 18.3 Å². The Kier molecular flexibility index (Phi) is 5.31. The first-order valence-electron chi connectivity index (χ1n) is 8.48. The summed E-state index contributed by atoms with van der Waals surface area (Å²) in [6.45, 7) is 6.56. The van der Waals surface area contributed by atoms with Gasteiger partial charge >= 0.3 is 6.01 Å². The number of hydrogen-bond donors (Lipinski definition) is 1. The fraction of sp³-hybridized carbons (Fsp3) is 0.250. The van der Waals surface area contributed by atoms with Gasteiger partial charge in [0.15, 0.2) is 0 Å². The van der Waals surface area contributed by atoms with Crippen LogP contribution in [-0.2, 0) is 11.2 Å². The second kappa shape index (κ2) is 7.82. The topological polar surface area (TPSA) is 77.3 Å². The smallest absolute Gasteiger partial charge is 0.322 e. The Bertz CT molecular complexity index is 901. The van der Waals surface area contributed by atoms with E-state index in [0.717, 1.165) is 22.4 Å². The lowest BCUT2D eigenvalue weighted by Gasteiger charge is -2.06. The average molecular weight is 351 g/mol. The van der Waals surface area contributed by atoms with Gasteiger partial charge in [-0.3, -0.25) is 10.1 Å². The lowest BCUT2D eigenvalue weighted by Crippen LogP contribution is -2.15. The monoisotopic (exact) mass is 351 g/mol. The summed E-state index contributed by atoms with van der Waals surface area (Å²) in [5.41, 5.74) is 3.99. The Labute approximate surface area is 152 Å². The molecule has 0 unspecified atom stereocenters. The molecule has 1 N–H and O–H groups in total. The van der Waals surface area contributed by atoms with Gasteiger partial charge in [0.25, 0.3) is 0 Å². The van der Waals surface area contributed by atoms with Crippen LogP contribution in [0.2, 0.25) is 0 Å². The van der Waals surface area contributed by atoms with Gasteiger partial charge in [0.1, 0.15) is 5.75 Å². The molecule has 0 aliphatic carbocycles. The van der Waals surface area contributed by atoms with E-state index in [0.29, 0.717) is 12.5 Å². The van der Waals surface area contributed by atoms with Crippen LogP contribution in [0.5, 0.6) is 5.75 Å². The number of aryl methyl sites for hydroxylation is 2. The molecule has 0 aliphatic heterocycles. The third kappa shape index (κ3) is 4.27. The van der Waals surface area contributed by atoms with E-state index >= 15 is 0 Å². The summed E-state index contributed by atoms with van der Waals surface area (Å²) in [6, 6.07) is 13.4. The molecule has 0 saturated heterocycles. The van der Waals surface area contributed by atoms with Crippen LogP contribution >= 0.6 is 0 Å². The van der Waals surface area contributed by atoms with Gasteiger partial charge in [-0.25, -0.2) is 0 Å². The van der Waals surface area contributed by atoms with Gasteiger partial charge in [0.2, 0.25) is 11.8 Å². The quantitative estimate of drug-likeness (QED) is 0.728. The number of aromatic nitrogens is 2. The van der Waals surface area contributed by atoms with Crippen LogP contribution in [0.15, 0.2) is 46.9 Å². The Morgan fingerprint density at radius 1 is 1.12 bits per heavy atom. The lowest BCUT2D eigenvalue weighted by atomic mass is 10.0. The van der Waals surface area contributed by atoms with E-state index in [1.165, 1.54) is 5.56 Å². The number of nitrogens with one attached hydrogen (secondary N) is 1. The van der Waals surface area contributed by atoms with E-state index in [4.69, 9.17) is 9.15 Å². The average Bonchev–Trinajstić information content (AvgIpc) is 3.07. The zero-order valence-corrected chi connectivity index (χ0v) is 15.1. The first kappa shape index (κ1) is 17.7. The molecular weight excluding hydrogens is 330 g/mol. The third-order valence-electron chi connectivity index (χ3n) is 3.93. The summed E-state index contributed by atoms with van der Waals surface area (Å²) < 4.78 is 10.9. The van der Waals surface area contributed by atoms with Gasteiger partial charge in [-0.2, -0.15) is 0 Å². The van der Waals surface area contributed by atoms with Crippen molar-refractivity contribution in [3.8, 4) is 17.2 Å². The van der Waals surface area contributed by atoms with Crippen molar-refractivity contribution in [2.45, 2.75) is 27.2 Å². The van der Waals surface area contributed by atoms with Gasteiger partial charge in [0, 0.05) is 5.56 Å². The van der Waals surface area contributed by atoms with Crippen LogP contribution in [0.3, 0.4) is 0 Å². The number of ether oxygens (including phenoxy) is 1. The molecule has 0 radical (unpaired) electrons. The fourth-order valence-corrected chi connectivity index (χ4v) is 2.63. The zero-order chi connectivity index (χ0) is 18.5. The molecule has 3 rings (SSSR count). The SMILES string of the molecule is CCOc1ccc(-c2nnc(NC(=O)Cc3ccc(C)cc3C)o2)cc1. The molecule has 0 fully saturated rings. The van der Waals surface area contributed by atoms with Crippen molar-refractivity contribution in [1.29, 1.82) is 0 Å². The van der Waals surface area contributed by atoms with Crippen LogP contribution in [0, 0.1) is 13.8 Å². The summed E-state index contributed by atoms with van der Waals surface area (Å²) in [4.78, 5) is 12.2. The van der Waals surface area contributed by atoms with Gasteiger partial charge in [-0.1, -0.05) is 28.9 Å². The van der Waals surface area contributed by atoms with E-state index in [2.05, 4.69) is 21.6 Å². The molecule has 0 saturated carbocycles. The molecular formula is C20H21N3O3. The number of carbonyl (C=O) groups excluding carboxylic acids is 1. The summed E-state index contributed by atoms with van der Waals surface area (Å²) in [5, 5.41) is 10.5. The van der Waals surface area contributed by atoms with Crippen molar-refractivity contribution in [3.05, 3.63) is 59.2 Å². The third-order valence-corrected chi connectivity index (χ3v) is 3.93. The molecule has 0 atom stereocenters. The molecule has 2 aromatic carbocycles. The molecule has 3 aromatic rings. The van der Waals surface area contributed by atoms with E-state index < -0.39 is 0 Å². The Morgan fingerprint density at radius 2 is 1.88 bits per heavy atom. The number of carbonyl (C=O) groups is 1. The fourth-order valence-electron chi connectivity index (χ4n) is 2.63. The first-order valence-corrected chi connectivity index (χ1v) is 8.48. The van der Waals surface area contributed by atoms with Crippen LogP contribution in [-0.4, -0.2) is 22.7 Å². The van der Waals surface area contributed by atoms with Crippen LogP contribution in [0.4, 0.5) is 6.01 Å². The van der Waals surface area contributed by atoms with Crippen molar-refractivity contribution in [1.82, 2.24) is 10.2 Å². The molecule has 1 amide bonds. The molecule has 0 aliphatic rings. The highest BCUT2D eigenvalue weighted by molar-refractivity contribution is 5.90. The molecule has 26 heavy (non-hydrogen) atoms. The largest absolute Gasteiger partial charge is 0.494 e. The first-order chi connectivity index (χ1) is 12.5. The van der Waals surface area contributed by atoms with Crippen molar-refractivity contribution >= 4 is 11.9 Å². The highest BCUT2D eigenvalue weighted by atomic mass is 16.5. The molecule has 6 nitrogen and oxygen atoms in total. The van der Waals surface area contributed by atoms with Gasteiger partial charge in [0.05, 0.1) is 13.0 Å². The molecule has 1 heterocycles. The van der Waals surface area contributed by atoms with Gasteiger partial charge in [-0.05, 0) is 56.2 Å². The minimum atomic E-state index is -0.196. The molecule has 1 aromatic heterocycles. The number of rotatable bonds is 6. The predicted octanol–water partition coefficient (Wildman–Crippen LogP) is 3.93. The van der Waals surface area contributed by atoms with Crippen molar-refractivity contribution in [3.63, 3.8) is 0 Å². The van der Waals surface area contributed by atoms with Crippen molar-refractivity contribution in [2.24, 2.45) is 0 Å². The number of benzene rings is 2. The molecule has 0 spiro atoms. The maximum Gasteiger partial charge on any atom is 0.322 e. The number of anilines is 1. The highest BCUT2D eigenvalue weighted by Gasteiger charge is 2.13. The van der Waals surface area contributed by atoms with E-state index in [9.17, 15) is 4.79 Å². The predicted molar refractivity (Wildman–Crippen MR) is 99.2 cm³/mol. The highest BCUT2D eigenvalue weighted by Crippen LogP contribution is 2.23. The van der Waals surface area contributed by atoms with Crippen molar-refractivity contribution < 1.29 is 13.9 Å². The number of amides is 1. The number of nitrogens with zero attached hydrogens (tertiary/aromatic N) is 2. The lowest BCUT2D eigenvalue weighted by molar-refractivity contribution is -0.115. The standard InChI is InChI=1S/C20H21N3O3/c1-4-25-17-9-7-15(8-10-17)19-22-23-20(26-19)21-18(24)12-16-6-5-13(2)11-14(16)3/h5-11H,4,12H2,1-3H3,(H,21,23,24). The maximum atomic E-state index is 12.2. The van der Waals surface area contributed by atoms with Gasteiger partial charge in [-0.15, -0.1) is 5.10 Å². The normalized spacial score (nSPS) is 10.6. The van der Waals surface area contributed by atoms with Crippen LogP contribution in [0.1, 0.15) is 23.6 Å². The Hall–Kier alpha value is -3.15. The number of hydrogen-bond acceptors (Lipinski definition) is 5. The summed E-state index contributed by atoms with van der Waals surface area (Å²) in [7, 11) is 0. The van der Waals surface area contributed by atoms with Gasteiger partial charge < -0.3 is 9.15 Å². The summed E-state index contributed by atoms with van der Waals surface area (Å²) in [5.74, 6) is 0.923. The van der Waals surface area contributed by atoms with E-state index in [1.54, 1.807) is 0 Å². The summed E-state index contributed by atoms with van der Waals surface area (Å²) in [6.07, 6.45) is 0.257. The molecule has 0 bridgehead atoms. The summed E-state index contributed by atoms with van der Waals surface area (Å²) >= 11 is 0. The molecule has 6 heteroatoms. The molecule has 134 valence electrons.